The number of hydrogen-bond donors (Lipinski definition) is 0. The van der Waals surface area contributed by atoms with Crippen LogP contribution < -0.4 is 0 Å². The molecule has 0 radical (unpaired) electrons. The second kappa shape index (κ2) is 14.7. The van der Waals surface area contributed by atoms with Gasteiger partial charge in [-0.2, -0.15) is 0 Å². The van der Waals surface area contributed by atoms with E-state index in [0.717, 1.165) is 32.1 Å². The van der Waals surface area contributed by atoms with Gasteiger partial charge in [-0.3, -0.25) is 4.79 Å². The van der Waals surface area contributed by atoms with Gasteiger partial charge in [0.05, 0.1) is 6.42 Å². The minimum atomic E-state index is -0.404. The van der Waals surface area contributed by atoms with Gasteiger partial charge < -0.3 is 4.74 Å². The van der Waals surface area contributed by atoms with E-state index in [2.05, 4.69) is 55.5 Å². The fraction of sp³-hybridized carbons (Fsp3) is 0.500. The summed E-state index contributed by atoms with van der Waals surface area (Å²) in [5.41, 5.74) is -0.404. The van der Waals surface area contributed by atoms with Crippen molar-refractivity contribution >= 4 is 5.97 Å². The molecular weight excluding hydrogens is 296 g/mol. The highest BCUT2D eigenvalue weighted by Gasteiger charge is 2.14. The predicted molar refractivity (Wildman–Crippen MR) is 105 cm³/mol. The zero-order chi connectivity index (χ0) is 18.1. The summed E-state index contributed by atoms with van der Waals surface area (Å²) in [4.78, 5) is 11.5. The van der Waals surface area contributed by atoms with Gasteiger partial charge in [-0.25, -0.2) is 0 Å². The Balaban J connectivity index is 3.65. The van der Waals surface area contributed by atoms with Gasteiger partial charge in [0.15, 0.2) is 0 Å². The summed E-state index contributed by atoms with van der Waals surface area (Å²) in [5.74, 6) is -0.177. The number of esters is 1. The normalized spacial score (nSPS) is 13.3. The SMILES string of the molecule is CC/C=C\C/C=C\C/C=C\C/C=C\C/C=C\CC(=O)OC(C)(C)C. The van der Waals surface area contributed by atoms with Gasteiger partial charge in [0.1, 0.15) is 5.60 Å². The molecule has 0 heterocycles. The van der Waals surface area contributed by atoms with Gasteiger partial charge in [-0.1, -0.05) is 67.7 Å². The van der Waals surface area contributed by atoms with Crippen LogP contribution in [0.3, 0.4) is 0 Å². The first-order chi connectivity index (χ1) is 11.5. The van der Waals surface area contributed by atoms with Gasteiger partial charge in [0, 0.05) is 0 Å². The molecule has 0 aliphatic rings. The lowest BCUT2D eigenvalue weighted by Gasteiger charge is -2.18. The Labute approximate surface area is 148 Å². The fourth-order valence-corrected chi connectivity index (χ4v) is 1.81. The molecule has 0 fully saturated rings. The van der Waals surface area contributed by atoms with Crippen LogP contribution >= 0.6 is 0 Å². The first kappa shape index (κ1) is 22.2. The molecule has 0 saturated carbocycles. The maximum atomic E-state index is 11.5. The van der Waals surface area contributed by atoms with Crippen LogP contribution in [-0.4, -0.2) is 11.6 Å². The summed E-state index contributed by atoms with van der Waals surface area (Å²) >= 11 is 0. The summed E-state index contributed by atoms with van der Waals surface area (Å²) in [6.45, 7) is 7.78. The van der Waals surface area contributed by atoms with Crippen LogP contribution in [0.25, 0.3) is 0 Å². The number of carbonyl (C=O) groups is 1. The highest BCUT2D eigenvalue weighted by Crippen LogP contribution is 2.08. The number of rotatable bonds is 11. The summed E-state index contributed by atoms with van der Waals surface area (Å²) in [6, 6.07) is 0. The van der Waals surface area contributed by atoms with Gasteiger partial charge in [0.25, 0.3) is 0 Å². The van der Waals surface area contributed by atoms with Crippen molar-refractivity contribution in [3.05, 3.63) is 60.8 Å². The summed E-state index contributed by atoms with van der Waals surface area (Å²) in [6.07, 6.45) is 26.5. The van der Waals surface area contributed by atoms with E-state index in [-0.39, 0.29) is 5.97 Å². The number of ether oxygens (including phenoxy) is 1. The van der Waals surface area contributed by atoms with Crippen molar-refractivity contribution < 1.29 is 9.53 Å². The molecular formula is C22H34O2. The van der Waals surface area contributed by atoms with Crippen LogP contribution in [0.4, 0.5) is 0 Å². The standard InChI is InChI=1S/C22H34O2/c1-5-6-7-8-9-10-11-12-13-14-15-16-17-18-19-20-21(23)24-22(2,3)4/h6-7,9-10,12-13,15-16,18-19H,5,8,11,14,17,20H2,1-4H3/b7-6-,10-9-,13-12-,16-15-,19-18-. The summed E-state index contributed by atoms with van der Waals surface area (Å²) in [5, 5.41) is 0. The van der Waals surface area contributed by atoms with E-state index >= 15 is 0 Å². The van der Waals surface area contributed by atoms with E-state index in [1.165, 1.54) is 0 Å². The van der Waals surface area contributed by atoms with E-state index in [0.29, 0.717) is 6.42 Å². The first-order valence-corrected chi connectivity index (χ1v) is 8.92. The van der Waals surface area contributed by atoms with Gasteiger partial charge in [0.2, 0.25) is 0 Å². The average Bonchev–Trinajstić information content (AvgIpc) is 2.49. The van der Waals surface area contributed by atoms with E-state index < -0.39 is 5.60 Å². The van der Waals surface area contributed by atoms with Crippen LogP contribution in [-0.2, 0) is 9.53 Å². The smallest absolute Gasteiger partial charge is 0.310 e. The van der Waals surface area contributed by atoms with Crippen molar-refractivity contribution in [1.82, 2.24) is 0 Å². The van der Waals surface area contributed by atoms with E-state index in [4.69, 9.17) is 4.74 Å². The number of allylic oxidation sites excluding steroid dienone is 9. The van der Waals surface area contributed by atoms with Crippen molar-refractivity contribution in [2.45, 2.75) is 71.8 Å². The Bertz CT molecular complexity index is 457. The van der Waals surface area contributed by atoms with Gasteiger partial charge >= 0.3 is 5.97 Å². The zero-order valence-corrected chi connectivity index (χ0v) is 15.8. The van der Waals surface area contributed by atoms with Crippen LogP contribution in [0.1, 0.15) is 66.2 Å². The first-order valence-electron chi connectivity index (χ1n) is 8.92. The Morgan fingerprint density at radius 3 is 1.46 bits per heavy atom. The topological polar surface area (TPSA) is 26.3 Å². The molecule has 0 amide bonds. The largest absolute Gasteiger partial charge is 0.460 e. The Kier molecular flexibility index (Phi) is 13.6. The molecule has 0 aromatic rings. The third-order valence-electron chi connectivity index (χ3n) is 2.86. The fourth-order valence-electron chi connectivity index (χ4n) is 1.81. The Hall–Kier alpha value is -1.83. The van der Waals surface area contributed by atoms with Crippen molar-refractivity contribution in [3.63, 3.8) is 0 Å². The lowest BCUT2D eigenvalue weighted by molar-refractivity contribution is -0.153. The van der Waals surface area contributed by atoms with Gasteiger partial charge in [-0.15, -0.1) is 0 Å². The van der Waals surface area contributed by atoms with Crippen LogP contribution in [0, 0.1) is 0 Å². The molecule has 2 nitrogen and oxygen atoms in total. The average molecular weight is 331 g/mol. The molecule has 24 heavy (non-hydrogen) atoms. The maximum absolute atomic E-state index is 11.5. The molecule has 0 aliphatic carbocycles. The molecule has 0 unspecified atom stereocenters. The summed E-state index contributed by atoms with van der Waals surface area (Å²) in [7, 11) is 0. The third kappa shape index (κ3) is 18.2. The highest BCUT2D eigenvalue weighted by molar-refractivity contribution is 5.71. The number of hydrogen-bond acceptors (Lipinski definition) is 2. The molecule has 0 aliphatic heterocycles. The number of carbonyl (C=O) groups excluding carboxylic acids is 1. The third-order valence-corrected chi connectivity index (χ3v) is 2.86. The minimum Gasteiger partial charge on any atom is -0.460 e. The molecule has 2 heteroatoms. The van der Waals surface area contributed by atoms with Crippen molar-refractivity contribution in [2.24, 2.45) is 0 Å². The molecule has 0 spiro atoms. The second-order valence-corrected chi connectivity index (χ2v) is 6.50. The Morgan fingerprint density at radius 2 is 1.08 bits per heavy atom. The highest BCUT2D eigenvalue weighted by atomic mass is 16.6. The Morgan fingerprint density at radius 1 is 0.708 bits per heavy atom. The van der Waals surface area contributed by atoms with Crippen LogP contribution in [0.15, 0.2) is 60.8 Å². The predicted octanol–water partition coefficient (Wildman–Crippen LogP) is 6.47. The van der Waals surface area contributed by atoms with Gasteiger partial charge in [-0.05, 0) is 52.9 Å². The van der Waals surface area contributed by atoms with Crippen molar-refractivity contribution in [1.29, 1.82) is 0 Å². The van der Waals surface area contributed by atoms with E-state index in [1.807, 2.05) is 32.9 Å². The quantitative estimate of drug-likeness (QED) is 0.320. The molecule has 0 rings (SSSR count). The van der Waals surface area contributed by atoms with Crippen molar-refractivity contribution in [3.8, 4) is 0 Å². The molecule has 0 atom stereocenters. The van der Waals surface area contributed by atoms with E-state index in [9.17, 15) is 4.79 Å². The summed E-state index contributed by atoms with van der Waals surface area (Å²) < 4.78 is 5.23. The molecule has 0 bridgehead atoms. The lowest BCUT2D eigenvalue weighted by Crippen LogP contribution is -2.23. The molecule has 0 aromatic heterocycles. The van der Waals surface area contributed by atoms with Crippen LogP contribution in [0.5, 0.6) is 0 Å². The molecule has 0 N–H and O–H groups in total. The maximum Gasteiger partial charge on any atom is 0.310 e. The molecule has 0 saturated heterocycles. The minimum absolute atomic E-state index is 0.177. The molecule has 134 valence electrons. The molecule has 0 aromatic carbocycles. The lowest BCUT2D eigenvalue weighted by atomic mass is 10.2. The second-order valence-electron chi connectivity index (χ2n) is 6.50. The van der Waals surface area contributed by atoms with E-state index in [1.54, 1.807) is 0 Å². The van der Waals surface area contributed by atoms with Crippen LogP contribution in [0.2, 0.25) is 0 Å². The van der Waals surface area contributed by atoms with Crippen molar-refractivity contribution in [2.75, 3.05) is 0 Å². The monoisotopic (exact) mass is 330 g/mol. The zero-order valence-electron chi connectivity index (χ0n) is 15.8.